The number of hydrogen-bond acceptors (Lipinski definition) is 5. The van der Waals surface area contributed by atoms with Crippen LogP contribution in [0.2, 0.25) is 0 Å². The molecule has 0 bridgehead atoms. The molecule has 0 aromatic heterocycles. The average Bonchev–Trinajstić information content (AvgIpc) is 2.55. The van der Waals surface area contributed by atoms with E-state index < -0.39 is 23.6 Å². The summed E-state index contributed by atoms with van der Waals surface area (Å²) in [6, 6.07) is 8.37. The maximum absolute atomic E-state index is 12.3. The maximum Gasteiger partial charge on any atom is 0.408 e. The zero-order valence-electron chi connectivity index (χ0n) is 14.9. The zero-order chi connectivity index (χ0) is 18.2. The standard InChI is InChI=1S/C17H26N2O5/c1-17(2,3)24-12-14(15(20)19(4)22-5)18-16(21)23-11-13-9-7-6-8-10-13/h6-10,14H,11-12H2,1-5H3,(H,18,21). The summed E-state index contributed by atoms with van der Waals surface area (Å²) in [6.45, 7) is 5.72. The molecule has 0 fully saturated rings. The number of amides is 2. The van der Waals surface area contributed by atoms with Crippen molar-refractivity contribution in [3.05, 3.63) is 35.9 Å². The van der Waals surface area contributed by atoms with Crippen molar-refractivity contribution in [2.24, 2.45) is 0 Å². The second-order valence-electron chi connectivity index (χ2n) is 6.20. The Morgan fingerprint density at radius 1 is 1.21 bits per heavy atom. The molecule has 7 nitrogen and oxygen atoms in total. The lowest BCUT2D eigenvalue weighted by Gasteiger charge is -2.26. The smallest absolute Gasteiger partial charge is 0.408 e. The van der Waals surface area contributed by atoms with Gasteiger partial charge >= 0.3 is 6.09 Å². The molecule has 0 aliphatic carbocycles. The quantitative estimate of drug-likeness (QED) is 0.771. The van der Waals surface area contributed by atoms with Crippen molar-refractivity contribution < 1.29 is 23.9 Å². The Hall–Kier alpha value is -2.12. The van der Waals surface area contributed by atoms with Crippen LogP contribution < -0.4 is 5.32 Å². The van der Waals surface area contributed by atoms with Gasteiger partial charge < -0.3 is 14.8 Å². The van der Waals surface area contributed by atoms with E-state index in [1.807, 2.05) is 51.1 Å². The van der Waals surface area contributed by atoms with Crippen LogP contribution in [0.3, 0.4) is 0 Å². The number of carbonyl (C=O) groups is 2. The number of ether oxygens (including phenoxy) is 2. The van der Waals surface area contributed by atoms with E-state index >= 15 is 0 Å². The summed E-state index contributed by atoms with van der Waals surface area (Å²) in [5.74, 6) is -0.432. The number of hydroxylamine groups is 2. The van der Waals surface area contributed by atoms with Gasteiger partial charge in [-0.3, -0.25) is 9.63 Å². The molecule has 1 aromatic carbocycles. The SMILES string of the molecule is CON(C)C(=O)C(COC(C)(C)C)NC(=O)OCc1ccccc1. The summed E-state index contributed by atoms with van der Waals surface area (Å²) in [6.07, 6.45) is -0.695. The van der Waals surface area contributed by atoms with Gasteiger partial charge in [0.25, 0.3) is 5.91 Å². The molecule has 0 heterocycles. The van der Waals surface area contributed by atoms with Crippen LogP contribution in [0, 0.1) is 0 Å². The fraction of sp³-hybridized carbons (Fsp3) is 0.529. The molecule has 1 atom stereocenters. The van der Waals surface area contributed by atoms with Crippen molar-refractivity contribution in [2.45, 2.75) is 39.0 Å². The van der Waals surface area contributed by atoms with E-state index in [1.165, 1.54) is 14.2 Å². The first-order valence-corrected chi connectivity index (χ1v) is 7.66. The maximum atomic E-state index is 12.3. The molecule has 24 heavy (non-hydrogen) atoms. The van der Waals surface area contributed by atoms with E-state index in [9.17, 15) is 9.59 Å². The molecule has 1 aromatic rings. The number of likely N-dealkylation sites (N-methyl/N-ethyl adjacent to an activating group) is 1. The molecule has 0 aliphatic heterocycles. The van der Waals surface area contributed by atoms with Crippen molar-refractivity contribution in [1.82, 2.24) is 10.4 Å². The molecule has 0 saturated carbocycles. The highest BCUT2D eigenvalue weighted by Gasteiger charge is 2.27. The molecule has 134 valence electrons. The third-order valence-corrected chi connectivity index (χ3v) is 3.07. The molecule has 7 heteroatoms. The molecule has 2 amide bonds. The number of alkyl carbamates (subject to hydrolysis) is 1. The van der Waals surface area contributed by atoms with Crippen LogP contribution in [0.4, 0.5) is 4.79 Å². The topological polar surface area (TPSA) is 77.1 Å². The Morgan fingerprint density at radius 3 is 2.38 bits per heavy atom. The molecule has 0 aliphatic rings. The second-order valence-corrected chi connectivity index (χ2v) is 6.20. The predicted octanol–water partition coefficient (Wildman–Crippen LogP) is 2.12. The molecule has 1 rings (SSSR count). The summed E-state index contributed by atoms with van der Waals surface area (Å²) in [4.78, 5) is 29.1. The number of hydrogen-bond donors (Lipinski definition) is 1. The van der Waals surface area contributed by atoms with Crippen LogP contribution in [0.15, 0.2) is 30.3 Å². The molecule has 0 saturated heterocycles. The summed E-state index contributed by atoms with van der Waals surface area (Å²) in [5, 5.41) is 3.55. The molecule has 1 N–H and O–H groups in total. The van der Waals surface area contributed by atoms with E-state index in [0.29, 0.717) is 0 Å². The van der Waals surface area contributed by atoms with Crippen LogP contribution in [0.5, 0.6) is 0 Å². The van der Waals surface area contributed by atoms with E-state index in [2.05, 4.69) is 5.32 Å². The number of carbonyl (C=O) groups excluding carboxylic acids is 2. The van der Waals surface area contributed by atoms with Crippen molar-refractivity contribution in [3.63, 3.8) is 0 Å². The normalized spacial score (nSPS) is 12.4. The Bertz CT molecular complexity index is 528. The van der Waals surface area contributed by atoms with Gasteiger partial charge in [0.05, 0.1) is 19.3 Å². The van der Waals surface area contributed by atoms with E-state index in [0.717, 1.165) is 10.6 Å². The summed E-state index contributed by atoms with van der Waals surface area (Å²) in [7, 11) is 2.83. The van der Waals surface area contributed by atoms with Gasteiger partial charge in [-0.2, -0.15) is 0 Å². The van der Waals surface area contributed by atoms with E-state index in [1.54, 1.807) is 0 Å². The molecular weight excluding hydrogens is 312 g/mol. The largest absolute Gasteiger partial charge is 0.445 e. The first-order valence-electron chi connectivity index (χ1n) is 7.66. The Balaban J connectivity index is 2.61. The molecule has 1 unspecified atom stereocenters. The number of nitrogens with zero attached hydrogens (tertiary/aromatic N) is 1. The minimum Gasteiger partial charge on any atom is -0.445 e. The zero-order valence-corrected chi connectivity index (χ0v) is 14.9. The van der Waals surface area contributed by atoms with Crippen molar-refractivity contribution >= 4 is 12.0 Å². The monoisotopic (exact) mass is 338 g/mol. The number of rotatable bonds is 7. The van der Waals surface area contributed by atoms with Gasteiger partial charge in [0.1, 0.15) is 12.6 Å². The van der Waals surface area contributed by atoms with E-state index in [-0.39, 0.29) is 13.2 Å². The Kier molecular flexibility index (Phi) is 7.67. The van der Waals surface area contributed by atoms with Gasteiger partial charge in [0, 0.05) is 7.05 Å². The van der Waals surface area contributed by atoms with E-state index in [4.69, 9.17) is 14.3 Å². The summed E-state index contributed by atoms with van der Waals surface area (Å²) >= 11 is 0. The van der Waals surface area contributed by atoms with Crippen molar-refractivity contribution in [2.75, 3.05) is 20.8 Å². The van der Waals surface area contributed by atoms with Gasteiger partial charge in [-0.15, -0.1) is 0 Å². The molecule has 0 spiro atoms. The van der Waals surface area contributed by atoms with Crippen molar-refractivity contribution in [1.29, 1.82) is 0 Å². The molecular formula is C17H26N2O5. The van der Waals surface area contributed by atoms with Gasteiger partial charge in [-0.05, 0) is 26.3 Å². The lowest BCUT2D eigenvalue weighted by Crippen LogP contribution is -2.50. The first-order chi connectivity index (χ1) is 11.2. The predicted molar refractivity (Wildman–Crippen MR) is 89.0 cm³/mol. The summed E-state index contributed by atoms with van der Waals surface area (Å²) < 4.78 is 10.7. The Morgan fingerprint density at radius 2 is 1.83 bits per heavy atom. The first kappa shape index (κ1) is 19.9. The van der Waals surface area contributed by atoms with Gasteiger partial charge in [-0.25, -0.2) is 9.86 Å². The van der Waals surface area contributed by atoms with Crippen LogP contribution >= 0.6 is 0 Å². The highest BCUT2D eigenvalue weighted by molar-refractivity contribution is 5.85. The van der Waals surface area contributed by atoms with Crippen molar-refractivity contribution in [3.8, 4) is 0 Å². The van der Waals surface area contributed by atoms with Crippen LogP contribution in [-0.2, 0) is 25.7 Å². The molecule has 0 radical (unpaired) electrons. The third-order valence-electron chi connectivity index (χ3n) is 3.07. The highest BCUT2D eigenvalue weighted by atomic mass is 16.7. The fourth-order valence-electron chi connectivity index (χ4n) is 1.72. The minimum atomic E-state index is -0.905. The third kappa shape index (κ3) is 7.43. The minimum absolute atomic E-state index is 0.0104. The number of nitrogens with one attached hydrogen (secondary N) is 1. The Labute approximate surface area is 142 Å². The van der Waals surface area contributed by atoms with Crippen LogP contribution in [-0.4, -0.2) is 49.5 Å². The lowest BCUT2D eigenvalue weighted by atomic mass is 10.2. The fourth-order valence-corrected chi connectivity index (χ4v) is 1.72. The average molecular weight is 338 g/mol. The van der Waals surface area contributed by atoms with Gasteiger partial charge in [0.2, 0.25) is 0 Å². The highest BCUT2D eigenvalue weighted by Crippen LogP contribution is 2.08. The van der Waals surface area contributed by atoms with Gasteiger partial charge in [0.15, 0.2) is 0 Å². The number of benzene rings is 1. The summed E-state index contributed by atoms with van der Waals surface area (Å²) in [5.41, 5.74) is 0.412. The van der Waals surface area contributed by atoms with Gasteiger partial charge in [-0.1, -0.05) is 30.3 Å². The van der Waals surface area contributed by atoms with Crippen LogP contribution in [0.25, 0.3) is 0 Å². The lowest BCUT2D eigenvalue weighted by molar-refractivity contribution is -0.173. The second kappa shape index (κ2) is 9.24. The van der Waals surface area contributed by atoms with Crippen LogP contribution in [0.1, 0.15) is 26.3 Å².